The average molecular weight is 403 g/mol. The van der Waals surface area contributed by atoms with Gasteiger partial charge >= 0.3 is 6.01 Å². The molecule has 0 spiro atoms. The van der Waals surface area contributed by atoms with Gasteiger partial charge in [-0.1, -0.05) is 30.3 Å². The van der Waals surface area contributed by atoms with Crippen molar-refractivity contribution in [1.82, 2.24) is 20.1 Å². The minimum Gasteiger partial charge on any atom is -0.470 e. The Labute approximate surface area is 166 Å². The molecule has 4 heterocycles. The number of piperidine rings is 1. The fourth-order valence-electron chi connectivity index (χ4n) is 3.05. The lowest BCUT2D eigenvalue weighted by atomic mass is 9.98. The molecule has 9 heteroatoms. The number of pyridine rings is 1. The van der Waals surface area contributed by atoms with Crippen LogP contribution in [0.15, 0.2) is 29.0 Å². The van der Waals surface area contributed by atoms with E-state index in [9.17, 15) is 4.39 Å². The third-order valence-electron chi connectivity index (χ3n) is 4.77. The molecule has 3 aromatic rings. The first-order valence-electron chi connectivity index (χ1n) is 9.37. The predicted octanol–water partition coefficient (Wildman–Crippen LogP) is 4.15. The van der Waals surface area contributed by atoms with Gasteiger partial charge in [0.2, 0.25) is 5.95 Å². The molecule has 0 saturated carbocycles. The molecule has 28 heavy (non-hydrogen) atoms. The number of rotatable bonds is 6. The number of halogens is 1. The molecule has 0 N–H and O–H groups in total. The average Bonchev–Trinajstić information content (AvgIpc) is 3.37. The first-order valence-corrected chi connectivity index (χ1v) is 10.2. The fourth-order valence-corrected chi connectivity index (χ4v) is 3.81. The lowest BCUT2D eigenvalue weighted by Gasteiger charge is -2.30. The Hall–Kier alpha value is -2.55. The maximum atomic E-state index is 12.9. The summed E-state index contributed by atoms with van der Waals surface area (Å²) in [6, 6.07) is 3.65. The normalized spacial score (nSPS) is 15.4. The molecule has 0 bridgehead atoms. The van der Waals surface area contributed by atoms with Gasteiger partial charge in [0.05, 0.1) is 11.5 Å². The zero-order valence-electron chi connectivity index (χ0n) is 15.8. The monoisotopic (exact) mass is 403 g/mol. The van der Waals surface area contributed by atoms with Crippen molar-refractivity contribution in [2.75, 3.05) is 24.6 Å². The van der Waals surface area contributed by atoms with Crippen LogP contribution in [0.5, 0.6) is 5.19 Å². The maximum absolute atomic E-state index is 12.9. The molecule has 1 fully saturated rings. The molecule has 0 unspecified atom stereocenters. The molecule has 1 aliphatic rings. The summed E-state index contributed by atoms with van der Waals surface area (Å²) in [6.45, 7) is 6.48. The van der Waals surface area contributed by atoms with Crippen molar-refractivity contribution in [3.8, 4) is 15.6 Å². The number of thiazole rings is 1. The second kappa shape index (κ2) is 8.22. The maximum Gasteiger partial charge on any atom is 0.324 e. The molecular formula is C19H22FN5O2S. The Morgan fingerprint density at radius 3 is 2.75 bits per heavy atom. The van der Waals surface area contributed by atoms with Crippen LogP contribution < -0.4 is 9.64 Å². The Morgan fingerprint density at radius 2 is 2.07 bits per heavy atom. The molecule has 7 nitrogen and oxygen atoms in total. The highest BCUT2D eigenvalue weighted by Crippen LogP contribution is 2.31. The molecule has 0 radical (unpaired) electrons. The Balaban J connectivity index is 1.27. The van der Waals surface area contributed by atoms with Crippen molar-refractivity contribution >= 4 is 17.4 Å². The Morgan fingerprint density at radius 1 is 1.25 bits per heavy atom. The SMILES string of the molecule is CC(C)c1noc(N2CCC(COc3ncc(-c4ccc(F)nc4)s3)CC2)n1. The first kappa shape index (κ1) is 18.8. The van der Waals surface area contributed by atoms with E-state index in [1.165, 1.54) is 23.6 Å². The standard InChI is InChI=1S/C19H22FN5O2S/c1-12(2)17-23-18(27-24-17)25-7-5-13(6-8-25)11-26-19-22-10-15(28-19)14-3-4-16(20)21-9-14/h3-4,9-10,12-13H,5-8,11H2,1-2H3. The Bertz CT molecular complexity index is 903. The highest BCUT2D eigenvalue weighted by atomic mass is 32.1. The quantitative estimate of drug-likeness (QED) is 0.572. The van der Waals surface area contributed by atoms with Crippen LogP contribution in [-0.2, 0) is 0 Å². The van der Waals surface area contributed by atoms with Gasteiger partial charge in [-0.15, -0.1) is 0 Å². The van der Waals surface area contributed by atoms with E-state index in [4.69, 9.17) is 9.26 Å². The lowest BCUT2D eigenvalue weighted by molar-refractivity contribution is 0.219. The summed E-state index contributed by atoms with van der Waals surface area (Å²) in [4.78, 5) is 15.5. The van der Waals surface area contributed by atoms with E-state index < -0.39 is 5.95 Å². The summed E-state index contributed by atoms with van der Waals surface area (Å²) in [5.74, 6) is 0.981. The highest BCUT2D eigenvalue weighted by Gasteiger charge is 2.24. The molecule has 4 rings (SSSR count). The summed E-state index contributed by atoms with van der Waals surface area (Å²) < 4.78 is 24.2. The number of ether oxygens (including phenoxy) is 1. The molecule has 0 aromatic carbocycles. The van der Waals surface area contributed by atoms with E-state index >= 15 is 0 Å². The third-order valence-corrected chi connectivity index (χ3v) is 5.73. The summed E-state index contributed by atoms with van der Waals surface area (Å²) in [5, 5.41) is 4.66. The Kier molecular flexibility index (Phi) is 5.52. The van der Waals surface area contributed by atoms with Crippen LogP contribution in [0, 0.1) is 11.9 Å². The first-order chi connectivity index (χ1) is 13.6. The summed E-state index contributed by atoms with van der Waals surface area (Å²) >= 11 is 1.44. The van der Waals surface area contributed by atoms with Gasteiger partial charge in [0, 0.05) is 37.0 Å². The van der Waals surface area contributed by atoms with Gasteiger partial charge in [0.25, 0.3) is 5.19 Å². The zero-order valence-corrected chi connectivity index (χ0v) is 16.7. The van der Waals surface area contributed by atoms with Gasteiger partial charge in [0.15, 0.2) is 5.82 Å². The van der Waals surface area contributed by atoms with Crippen LogP contribution in [0.4, 0.5) is 10.4 Å². The van der Waals surface area contributed by atoms with Crippen LogP contribution >= 0.6 is 11.3 Å². The van der Waals surface area contributed by atoms with Crippen LogP contribution in [0.2, 0.25) is 0 Å². The minimum absolute atomic E-state index is 0.261. The second-order valence-corrected chi connectivity index (χ2v) is 8.18. The summed E-state index contributed by atoms with van der Waals surface area (Å²) in [5.41, 5.74) is 0.836. The van der Waals surface area contributed by atoms with E-state index in [1.54, 1.807) is 12.3 Å². The fraction of sp³-hybridized carbons (Fsp3) is 0.474. The topological polar surface area (TPSA) is 77.2 Å². The van der Waals surface area contributed by atoms with E-state index in [0.29, 0.717) is 23.7 Å². The van der Waals surface area contributed by atoms with Crippen molar-refractivity contribution < 1.29 is 13.7 Å². The van der Waals surface area contributed by atoms with Crippen molar-refractivity contribution in [1.29, 1.82) is 0 Å². The van der Waals surface area contributed by atoms with E-state index in [-0.39, 0.29) is 5.92 Å². The number of aromatic nitrogens is 4. The van der Waals surface area contributed by atoms with Crippen molar-refractivity contribution in [3.05, 3.63) is 36.3 Å². The van der Waals surface area contributed by atoms with Crippen molar-refractivity contribution in [3.63, 3.8) is 0 Å². The molecule has 0 amide bonds. The zero-order chi connectivity index (χ0) is 19.5. The second-order valence-electron chi connectivity index (χ2n) is 7.19. The largest absolute Gasteiger partial charge is 0.470 e. The van der Waals surface area contributed by atoms with Gasteiger partial charge in [-0.05, 0) is 30.9 Å². The number of anilines is 1. The van der Waals surface area contributed by atoms with Crippen LogP contribution in [-0.4, -0.2) is 39.8 Å². The van der Waals surface area contributed by atoms with Gasteiger partial charge in [0.1, 0.15) is 0 Å². The van der Waals surface area contributed by atoms with E-state index in [2.05, 4.69) is 38.9 Å². The molecule has 1 aliphatic heterocycles. The van der Waals surface area contributed by atoms with Gasteiger partial charge in [-0.2, -0.15) is 9.37 Å². The molecule has 0 aliphatic carbocycles. The molecule has 148 valence electrons. The highest BCUT2D eigenvalue weighted by molar-refractivity contribution is 7.16. The van der Waals surface area contributed by atoms with Gasteiger partial charge in [-0.3, -0.25) is 0 Å². The smallest absolute Gasteiger partial charge is 0.324 e. The third kappa shape index (κ3) is 4.30. The predicted molar refractivity (Wildman–Crippen MR) is 104 cm³/mol. The van der Waals surface area contributed by atoms with Crippen molar-refractivity contribution in [2.24, 2.45) is 5.92 Å². The van der Waals surface area contributed by atoms with Crippen LogP contribution in [0.1, 0.15) is 38.4 Å². The van der Waals surface area contributed by atoms with Crippen LogP contribution in [0.3, 0.4) is 0 Å². The molecule has 3 aromatic heterocycles. The molecule has 1 saturated heterocycles. The van der Waals surface area contributed by atoms with Crippen LogP contribution in [0.25, 0.3) is 10.4 Å². The minimum atomic E-state index is -0.489. The van der Waals surface area contributed by atoms with Crippen molar-refractivity contribution in [2.45, 2.75) is 32.6 Å². The lowest BCUT2D eigenvalue weighted by Crippen LogP contribution is -2.35. The molecule has 0 atom stereocenters. The van der Waals surface area contributed by atoms with Gasteiger partial charge < -0.3 is 14.2 Å². The summed E-state index contributed by atoms with van der Waals surface area (Å²) in [7, 11) is 0. The number of hydrogen-bond acceptors (Lipinski definition) is 8. The van der Waals surface area contributed by atoms with Gasteiger partial charge in [-0.25, -0.2) is 9.97 Å². The number of nitrogens with zero attached hydrogens (tertiary/aromatic N) is 5. The summed E-state index contributed by atoms with van der Waals surface area (Å²) in [6.07, 6.45) is 5.24. The van der Waals surface area contributed by atoms with E-state index in [1.807, 2.05) is 0 Å². The van der Waals surface area contributed by atoms with E-state index in [0.717, 1.165) is 42.2 Å². The number of hydrogen-bond donors (Lipinski definition) is 0. The molecular weight excluding hydrogens is 381 g/mol.